The van der Waals surface area contributed by atoms with Crippen molar-refractivity contribution in [3.8, 4) is 5.75 Å². The number of nitrogens with one attached hydrogen (secondary N) is 4. The molecule has 1 saturated heterocycles. The Hall–Kier alpha value is -2.55. The van der Waals surface area contributed by atoms with Gasteiger partial charge < -0.3 is 34.3 Å². The molecule has 2 aliphatic heterocycles. The van der Waals surface area contributed by atoms with Crippen molar-refractivity contribution in [2.24, 2.45) is 15.9 Å². The average molecular weight is 622 g/mol. The van der Waals surface area contributed by atoms with Gasteiger partial charge in [-0.15, -0.1) is 0 Å². The van der Waals surface area contributed by atoms with Gasteiger partial charge in [-0.2, -0.15) is 0 Å². The molecule has 1 aliphatic carbocycles. The van der Waals surface area contributed by atoms with Crippen LogP contribution in [0.25, 0.3) is 0 Å². The summed E-state index contributed by atoms with van der Waals surface area (Å²) in [6.45, 7) is 7.52. The van der Waals surface area contributed by atoms with Crippen LogP contribution < -0.4 is 26.0 Å². The highest BCUT2D eigenvalue weighted by Gasteiger charge is 2.25. The van der Waals surface area contributed by atoms with Crippen LogP contribution in [-0.4, -0.2) is 116 Å². The minimum atomic E-state index is -0.436. The SMILES string of the molecule is COCCOCCOCCOCCN1CCCC1CN=C1NC(Nc2ccc(OC)c(F)c2)=NC(NCC2CCCCC2)N1. The van der Waals surface area contributed by atoms with E-state index in [4.69, 9.17) is 33.7 Å². The third-order valence-corrected chi connectivity index (χ3v) is 8.17. The van der Waals surface area contributed by atoms with Crippen LogP contribution in [0.4, 0.5) is 10.1 Å². The summed E-state index contributed by atoms with van der Waals surface area (Å²) in [6.07, 6.45) is 8.30. The molecule has 248 valence electrons. The van der Waals surface area contributed by atoms with Crippen molar-refractivity contribution in [3.05, 3.63) is 24.0 Å². The monoisotopic (exact) mass is 621 g/mol. The lowest BCUT2D eigenvalue weighted by Crippen LogP contribution is -2.58. The Labute approximate surface area is 261 Å². The van der Waals surface area contributed by atoms with E-state index in [1.165, 1.54) is 45.3 Å². The van der Waals surface area contributed by atoms with Gasteiger partial charge in [0.2, 0.25) is 11.9 Å². The lowest BCUT2D eigenvalue weighted by atomic mass is 9.89. The van der Waals surface area contributed by atoms with Crippen molar-refractivity contribution in [2.45, 2.75) is 57.3 Å². The number of benzene rings is 1. The number of hydrogen-bond acceptors (Lipinski definition) is 10. The van der Waals surface area contributed by atoms with Crippen molar-refractivity contribution in [1.29, 1.82) is 0 Å². The zero-order chi connectivity index (χ0) is 30.8. The highest BCUT2D eigenvalue weighted by atomic mass is 19.1. The number of guanidine groups is 2. The summed E-state index contributed by atoms with van der Waals surface area (Å²) in [5.41, 5.74) is 0.574. The Morgan fingerprint density at radius 1 is 0.955 bits per heavy atom. The van der Waals surface area contributed by atoms with E-state index < -0.39 is 5.82 Å². The van der Waals surface area contributed by atoms with Gasteiger partial charge in [0.1, 0.15) is 0 Å². The first-order valence-electron chi connectivity index (χ1n) is 16.1. The molecule has 0 spiro atoms. The zero-order valence-corrected chi connectivity index (χ0v) is 26.5. The van der Waals surface area contributed by atoms with Gasteiger partial charge in [0.05, 0.1) is 59.9 Å². The molecule has 1 aromatic rings. The van der Waals surface area contributed by atoms with Gasteiger partial charge in [-0.3, -0.25) is 20.5 Å². The first-order valence-corrected chi connectivity index (χ1v) is 16.1. The molecule has 13 heteroatoms. The first kappa shape index (κ1) is 34.3. The largest absolute Gasteiger partial charge is 0.494 e. The molecule has 3 aliphatic rings. The average Bonchev–Trinajstić information content (AvgIpc) is 3.49. The first-order chi connectivity index (χ1) is 21.6. The summed E-state index contributed by atoms with van der Waals surface area (Å²) in [7, 11) is 3.11. The smallest absolute Gasteiger partial charge is 0.205 e. The normalized spacial score (nSPS) is 22.1. The zero-order valence-electron chi connectivity index (χ0n) is 26.5. The summed E-state index contributed by atoms with van der Waals surface area (Å²) >= 11 is 0. The topological polar surface area (TPSA) is 122 Å². The third kappa shape index (κ3) is 12.1. The predicted octanol–water partition coefficient (Wildman–Crippen LogP) is 2.77. The maximum absolute atomic E-state index is 14.3. The molecule has 1 saturated carbocycles. The van der Waals surface area contributed by atoms with Crippen LogP contribution in [0.1, 0.15) is 44.9 Å². The standard InChI is InChI=1S/C31H52FN7O5/c1-40-15-16-43-19-20-44-18-17-42-14-13-39-12-6-9-26(39)23-34-30-36-29(33-22-24-7-4-3-5-8-24)37-31(38-30)35-25-10-11-28(41-2)27(32)21-25/h10-11,21,24,26,29,33H,3-9,12-20,22-23H2,1-2H3,(H3,34,35,36,37,38). The third-order valence-electron chi connectivity index (χ3n) is 8.17. The van der Waals surface area contributed by atoms with Gasteiger partial charge in [-0.1, -0.05) is 19.3 Å². The summed E-state index contributed by atoms with van der Waals surface area (Å²) in [4.78, 5) is 12.1. The fourth-order valence-electron chi connectivity index (χ4n) is 5.73. The maximum Gasteiger partial charge on any atom is 0.205 e. The van der Waals surface area contributed by atoms with E-state index in [1.807, 2.05) is 0 Å². The van der Waals surface area contributed by atoms with Crippen molar-refractivity contribution in [3.63, 3.8) is 0 Å². The van der Waals surface area contributed by atoms with E-state index in [-0.39, 0.29) is 12.0 Å². The molecule has 2 unspecified atom stereocenters. The number of rotatable bonds is 19. The van der Waals surface area contributed by atoms with Gasteiger partial charge in [0, 0.05) is 38.0 Å². The second-order valence-corrected chi connectivity index (χ2v) is 11.4. The van der Waals surface area contributed by atoms with Crippen LogP contribution in [-0.2, 0) is 18.9 Å². The molecule has 2 fully saturated rings. The Balaban J connectivity index is 1.24. The van der Waals surface area contributed by atoms with Crippen LogP contribution in [0.15, 0.2) is 28.2 Å². The molecule has 0 bridgehead atoms. The van der Waals surface area contributed by atoms with Crippen molar-refractivity contribution in [2.75, 3.05) is 92.0 Å². The Bertz CT molecular complexity index is 1030. The molecule has 0 radical (unpaired) electrons. The molecule has 0 aromatic heterocycles. The molecule has 4 rings (SSSR count). The quantitative estimate of drug-likeness (QED) is 0.172. The molecule has 2 heterocycles. The van der Waals surface area contributed by atoms with Gasteiger partial charge in [0.25, 0.3) is 0 Å². The lowest BCUT2D eigenvalue weighted by Gasteiger charge is -2.29. The number of anilines is 1. The van der Waals surface area contributed by atoms with E-state index >= 15 is 0 Å². The fourth-order valence-corrected chi connectivity index (χ4v) is 5.73. The van der Waals surface area contributed by atoms with E-state index in [9.17, 15) is 4.39 Å². The molecule has 2 atom stereocenters. The lowest BCUT2D eigenvalue weighted by molar-refractivity contribution is 0.000758. The fraction of sp³-hybridized carbons (Fsp3) is 0.742. The minimum absolute atomic E-state index is 0.199. The number of aliphatic imine (C=N–C) groups is 2. The van der Waals surface area contributed by atoms with Gasteiger partial charge in [-0.05, 0) is 50.3 Å². The molecule has 1 aromatic carbocycles. The molecule has 0 amide bonds. The van der Waals surface area contributed by atoms with Crippen LogP contribution in [0, 0.1) is 11.7 Å². The van der Waals surface area contributed by atoms with E-state index in [0.29, 0.717) is 82.4 Å². The molecular weight excluding hydrogens is 569 g/mol. The number of halogens is 1. The highest BCUT2D eigenvalue weighted by Crippen LogP contribution is 2.23. The molecular formula is C31H52FN7O5. The van der Waals surface area contributed by atoms with Crippen LogP contribution in [0.3, 0.4) is 0 Å². The summed E-state index contributed by atoms with van der Waals surface area (Å²) in [5, 5.41) is 13.4. The second kappa shape index (κ2) is 19.8. The number of ether oxygens (including phenoxy) is 5. The van der Waals surface area contributed by atoms with Gasteiger partial charge in [-0.25, -0.2) is 9.38 Å². The number of methoxy groups -OCH3 is 2. The minimum Gasteiger partial charge on any atom is -0.494 e. The summed E-state index contributed by atoms with van der Waals surface area (Å²) in [6, 6.07) is 5.10. The van der Waals surface area contributed by atoms with Crippen LogP contribution in [0.2, 0.25) is 0 Å². The van der Waals surface area contributed by atoms with Gasteiger partial charge >= 0.3 is 0 Å². The Morgan fingerprint density at radius 3 is 2.43 bits per heavy atom. The second-order valence-electron chi connectivity index (χ2n) is 11.4. The van der Waals surface area contributed by atoms with Crippen LogP contribution in [0.5, 0.6) is 5.75 Å². The van der Waals surface area contributed by atoms with Crippen LogP contribution >= 0.6 is 0 Å². The molecule has 4 N–H and O–H groups in total. The van der Waals surface area contributed by atoms with Gasteiger partial charge in [0.15, 0.2) is 17.9 Å². The Morgan fingerprint density at radius 2 is 1.70 bits per heavy atom. The predicted molar refractivity (Wildman–Crippen MR) is 170 cm³/mol. The number of hydrogen-bond donors (Lipinski definition) is 4. The highest BCUT2D eigenvalue weighted by molar-refractivity contribution is 6.06. The Kier molecular flexibility index (Phi) is 15.4. The number of likely N-dealkylation sites (tertiary alicyclic amines) is 1. The van der Waals surface area contributed by atoms with Crippen molar-refractivity contribution in [1.82, 2.24) is 20.9 Å². The van der Waals surface area contributed by atoms with E-state index in [2.05, 4.69) is 26.2 Å². The van der Waals surface area contributed by atoms with E-state index in [1.54, 1.807) is 19.2 Å². The van der Waals surface area contributed by atoms with E-state index in [0.717, 1.165) is 32.5 Å². The summed E-state index contributed by atoms with van der Waals surface area (Å²) in [5.74, 6) is 1.57. The maximum atomic E-state index is 14.3. The summed E-state index contributed by atoms with van der Waals surface area (Å²) < 4.78 is 41.1. The molecule has 44 heavy (non-hydrogen) atoms. The van der Waals surface area contributed by atoms with Crippen molar-refractivity contribution < 1.29 is 28.1 Å². The van der Waals surface area contributed by atoms with Crippen molar-refractivity contribution >= 4 is 17.6 Å². The molecule has 12 nitrogen and oxygen atoms in total. The number of nitrogens with zero attached hydrogens (tertiary/aromatic N) is 3.